The van der Waals surface area contributed by atoms with Gasteiger partial charge in [-0.25, -0.2) is 0 Å². The largest absolute Gasteiger partial charge is 0.333 e. The minimum atomic E-state index is -0.538. The van der Waals surface area contributed by atoms with E-state index >= 15 is 0 Å². The van der Waals surface area contributed by atoms with E-state index in [1.54, 1.807) is 9.80 Å². The molecule has 1 aromatic rings. The molecule has 6 heteroatoms. The van der Waals surface area contributed by atoms with Crippen LogP contribution in [-0.4, -0.2) is 53.8 Å². The normalized spacial score (nSPS) is 14.7. The number of aryl methyl sites for hydroxylation is 1. The van der Waals surface area contributed by atoms with E-state index in [9.17, 15) is 14.4 Å². The van der Waals surface area contributed by atoms with Crippen molar-refractivity contribution in [2.24, 2.45) is 5.41 Å². The quantitative estimate of drug-likeness (QED) is 0.811. The van der Waals surface area contributed by atoms with Crippen molar-refractivity contribution in [3.05, 3.63) is 29.8 Å². The van der Waals surface area contributed by atoms with Gasteiger partial charge in [-0.15, -0.1) is 0 Å². The maximum Gasteiger partial charge on any atom is 0.248 e. The Labute approximate surface area is 155 Å². The molecule has 6 nitrogen and oxygen atoms in total. The summed E-state index contributed by atoms with van der Waals surface area (Å²) in [7, 11) is 0. The number of benzene rings is 1. The molecule has 1 aliphatic heterocycles. The number of rotatable bonds is 5. The van der Waals surface area contributed by atoms with Crippen molar-refractivity contribution in [1.29, 1.82) is 0 Å². The molecule has 142 valence electrons. The lowest BCUT2D eigenvalue weighted by Crippen LogP contribution is -2.46. The maximum atomic E-state index is 12.7. The molecule has 0 saturated carbocycles. The number of hydrogen-bond donors (Lipinski definition) is 0. The van der Waals surface area contributed by atoms with Crippen LogP contribution in [0.15, 0.2) is 24.3 Å². The lowest BCUT2D eigenvalue weighted by Gasteiger charge is -2.30. The molecule has 26 heavy (non-hydrogen) atoms. The van der Waals surface area contributed by atoms with Crippen LogP contribution in [0.4, 0.5) is 5.69 Å². The van der Waals surface area contributed by atoms with Crippen LogP contribution in [0.2, 0.25) is 0 Å². The Hall–Kier alpha value is -2.37. The zero-order valence-electron chi connectivity index (χ0n) is 16.4. The molecular weight excluding hydrogens is 330 g/mol. The van der Waals surface area contributed by atoms with Gasteiger partial charge in [0.2, 0.25) is 17.7 Å². The van der Waals surface area contributed by atoms with Gasteiger partial charge in [0, 0.05) is 17.6 Å². The molecule has 3 amide bonds. The third-order valence-electron chi connectivity index (χ3n) is 4.35. The van der Waals surface area contributed by atoms with Gasteiger partial charge >= 0.3 is 0 Å². The van der Waals surface area contributed by atoms with E-state index in [0.29, 0.717) is 6.54 Å². The van der Waals surface area contributed by atoms with Gasteiger partial charge in [-0.1, -0.05) is 39.8 Å². The molecule has 2 rings (SSSR count). The topological polar surface area (TPSA) is 60.9 Å². The van der Waals surface area contributed by atoms with Crippen LogP contribution >= 0.6 is 0 Å². The van der Waals surface area contributed by atoms with Gasteiger partial charge in [0.05, 0.1) is 6.54 Å². The van der Waals surface area contributed by atoms with Crippen molar-refractivity contribution in [1.82, 2.24) is 9.80 Å². The summed E-state index contributed by atoms with van der Waals surface area (Å²) in [5.74, 6) is -0.346. The second kappa shape index (κ2) is 7.89. The van der Waals surface area contributed by atoms with Gasteiger partial charge in [0.25, 0.3) is 0 Å². The summed E-state index contributed by atoms with van der Waals surface area (Å²) in [6, 6.07) is 7.66. The summed E-state index contributed by atoms with van der Waals surface area (Å²) in [6.45, 7) is 10.3. The maximum absolute atomic E-state index is 12.7. The summed E-state index contributed by atoms with van der Waals surface area (Å²) < 4.78 is 0. The zero-order valence-corrected chi connectivity index (χ0v) is 16.4. The van der Waals surface area contributed by atoms with Crippen LogP contribution in [0.3, 0.4) is 0 Å². The summed E-state index contributed by atoms with van der Waals surface area (Å²) in [4.78, 5) is 42.4. The van der Waals surface area contributed by atoms with E-state index < -0.39 is 5.41 Å². The molecule has 0 aliphatic carbocycles. The molecule has 0 spiro atoms. The number of amides is 3. The molecule has 1 aromatic carbocycles. The standard InChI is InChI=1S/C20H29N3O3/c1-6-10-21(19(26)20(3,4)5)12-17(24)22-13-18(25)23(14-22)16-9-7-8-15(2)11-16/h7-9,11H,6,10,12-14H2,1-5H3. The third kappa shape index (κ3) is 4.62. The second-order valence-corrected chi connectivity index (χ2v) is 7.87. The molecule has 0 radical (unpaired) electrons. The Morgan fingerprint density at radius 1 is 1.23 bits per heavy atom. The van der Waals surface area contributed by atoms with Crippen molar-refractivity contribution in [3.63, 3.8) is 0 Å². The predicted octanol–water partition coefficient (Wildman–Crippen LogP) is 2.41. The fourth-order valence-electron chi connectivity index (χ4n) is 3.00. The molecule has 1 aliphatic rings. The Bertz CT molecular complexity index is 694. The van der Waals surface area contributed by atoms with E-state index in [0.717, 1.165) is 17.7 Å². The van der Waals surface area contributed by atoms with E-state index in [-0.39, 0.29) is 37.5 Å². The number of hydrogen-bond acceptors (Lipinski definition) is 3. The minimum absolute atomic E-state index is 0.0128. The van der Waals surface area contributed by atoms with Gasteiger partial charge in [-0.3, -0.25) is 19.3 Å². The van der Waals surface area contributed by atoms with E-state index in [4.69, 9.17) is 0 Å². The smallest absolute Gasteiger partial charge is 0.248 e. The van der Waals surface area contributed by atoms with Crippen LogP contribution < -0.4 is 4.90 Å². The van der Waals surface area contributed by atoms with E-state index in [2.05, 4.69) is 0 Å². The Kier molecular flexibility index (Phi) is 6.05. The summed E-state index contributed by atoms with van der Waals surface area (Å²) >= 11 is 0. The van der Waals surface area contributed by atoms with Gasteiger partial charge < -0.3 is 9.80 Å². The SMILES string of the molecule is CCCN(CC(=O)N1CC(=O)N(c2cccc(C)c2)C1)C(=O)C(C)(C)C. The molecule has 1 saturated heterocycles. The molecule has 1 heterocycles. The Morgan fingerprint density at radius 3 is 2.50 bits per heavy atom. The lowest BCUT2D eigenvalue weighted by molar-refractivity contribution is -0.145. The molecular formula is C20H29N3O3. The van der Waals surface area contributed by atoms with Gasteiger partial charge in [-0.05, 0) is 31.0 Å². The van der Waals surface area contributed by atoms with E-state index in [1.807, 2.05) is 58.9 Å². The van der Waals surface area contributed by atoms with Crippen LogP contribution in [0.25, 0.3) is 0 Å². The van der Waals surface area contributed by atoms with Crippen molar-refractivity contribution in [2.75, 3.05) is 31.2 Å². The average molecular weight is 359 g/mol. The average Bonchev–Trinajstić information content (AvgIpc) is 2.95. The third-order valence-corrected chi connectivity index (χ3v) is 4.35. The highest BCUT2D eigenvalue weighted by Gasteiger charge is 2.34. The van der Waals surface area contributed by atoms with Crippen molar-refractivity contribution in [2.45, 2.75) is 41.0 Å². The van der Waals surface area contributed by atoms with Crippen LogP contribution in [0.1, 0.15) is 39.7 Å². The lowest BCUT2D eigenvalue weighted by atomic mass is 9.94. The van der Waals surface area contributed by atoms with Gasteiger partial charge in [0.15, 0.2) is 0 Å². The summed E-state index contributed by atoms with van der Waals surface area (Å²) in [6.07, 6.45) is 0.781. The molecule has 0 unspecified atom stereocenters. The number of anilines is 1. The molecule has 0 bridgehead atoms. The number of nitrogens with zero attached hydrogens (tertiary/aromatic N) is 3. The van der Waals surface area contributed by atoms with Crippen LogP contribution in [0, 0.1) is 12.3 Å². The first-order valence-corrected chi connectivity index (χ1v) is 9.07. The zero-order chi connectivity index (χ0) is 19.5. The predicted molar refractivity (Wildman–Crippen MR) is 102 cm³/mol. The Morgan fingerprint density at radius 2 is 1.92 bits per heavy atom. The molecule has 0 aromatic heterocycles. The fourth-order valence-corrected chi connectivity index (χ4v) is 3.00. The van der Waals surface area contributed by atoms with Crippen molar-refractivity contribution < 1.29 is 14.4 Å². The highest BCUT2D eigenvalue weighted by Crippen LogP contribution is 2.22. The van der Waals surface area contributed by atoms with Gasteiger partial charge in [-0.2, -0.15) is 0 Å². The number of carbonyl (C=O) groups excluding carboxylic acids is 3. The monoisotopic (exact) mass is 359 g/mol. The first kappa shape index (κ1) is 19.9. The van der Waals surface area contributed by atoms with E-state index in [1.165, 1.54) is 4.90 Å². The molecule has 0 N–H and O–H groups in total. The van der Waals surface area contributed by atoms with Crippen LogP contribution in [-0.2, 0) is 14.4 Å². The highest BCUT2D eigenvalue weighted by molar-refractivity contribution is 6.00. The minimum Gasteiger partial charge on any atom is -0.333 e. The number of carbonyl (C=O) groups is 3. The molecule has 1 fully saturated rings. The first-order valence-electron chi connectivity index (χ1n) is 9.07. The highest BCUT2D eigenvalue weighted by atomic mass is 16.2. The summed E-state index contributed by atoms with van der Waals surface area (Å²) in [5.41, 5.74) is 1.32. The first-order chi connectivity index (χ1) is 12.1. The van der Waals surface area contributed by atoms with Crippen molar-refractivity contribution >= 4 is 23.4 Å². The summed E-state index contributed by atoms with van der Waals surface area (Å²) in [5, 5.41) is 0. The molecule has 0 atom stereocenters. The van der Waals surface area contributed by atoms with Crippen LogP contribution in [0.5, 0.6) is 0 Å². The van der Waals surface area contributed by atoms with Gasteiger partial charge in [0.1, 0.15) is 13.2 Å². The Balaban J connectivity index is 2.07. The fraction of sp³-hybridized carbons (Fsp3) is 0.550. The van der Waals surface area contributed by atoms with Crippen molar-refractivity contribution in [3.8, 4) is 0 Å². The second-order valence-electron chi connectivity index (χ2n) is 7.87.